The largest absolute Gasteiger partial charge is 0.356 e. The Morgan fingerprint density at radius 2 is 1.72 bits per heavy atom. The van der Waals surface area contributed by atoms with E-state index in [0.29, 0.717) is 26.2 Å². The van der Waals surface area contributed by atoms with Crippen molar-refractivity contribution in [2.45, 2.75) is 26.7 Å². The normalized spacial score (nSPS) is 17.9. The number of piperazine rings is 1. The van der Waals surface area contributed by atoms with Gasteiger partial charge in [-0.15, -0.1) is 22.7 Å². The first-order valence-electron chi connectivity index (χ1n) is 11.1. The molecule has 3 aromatic heterocycles. The number of amides is 2. The molecule has 0 saturated carbocycles. The summed E-state index contributed by atoms with van der Waals surface area (Å²) in [6.45, 7) is 8.38. The lowest BCUT2D eigenvalue weighted by atomic mass is 9.94. The van der Waals surface area contributed by atoms with Crippen LogP contribution in [0.1, 0.15) is 33.0 Å². The van der Waals surface area contributed by atoms with Crippen molar-refractivity contribution in [1.29, 1.82) is 0 Å². The van der Waals surface area contributed by atoms with Crippen LogP contribution >= 0.6 is 22.7 Å². The van der Waals surface area contributed by atoms with Crippen molar-refractivity contribution >= 4 is 50.5 Å². The number of thiophene rings is 2. The second-order valence-corrected chi connectivity index (χ2v) is 10.7. The summed E-state index contributed by atoms with van der Waals surface area (Å²) in [7, 11) is 0. The van der Waals surface area contributed by atoms with Gasteiger partial charge in [0.2, 0.25) is 5.91 Å². The molecule has 9 heteroatoms. The Morgan fingerprint density at radius 1 is 1.00 bits per heavy atom. The van der Waals surface area contributed by atoms with Crippen LogP contribution in [0.5, 0.6) is 0 Å². The molecule has 168 valence electrons. The highest BCUT2D eigenvalue weighted by molar-refractivity contribution is 7.18. The monoisotopic (exact) mass is 469 g/mol. The second kappa shape index (κ2) is 8.78. The van der Waals surface area contributed by atoms with E-state index in [2.05, 4.69) is 28.7 Å². The SMILES string of the molecule is Cc1sc2ncnc(N3CCC(C(=O)N4CCN(C(=O)c5cccs5)CC4)CC3)c2c1C. The fourth-order valence-corrected chi connectivity index (χ4v) is 6.37. The van der Waals surface area contributed by atoms with Gasteiger partial charge in [0, 0.05) is 50.1 Å². The van der Waals surface area contributed by atoms with E-state index in [1.165, 1.54) is 21.8 Å². The molecule has 5 heterocycles. The lowest BCUT2D eigenvalue weighted by molar-refractivity contribution is -0.137. The Balaban J connectivity index is 1.18. The fraction of sp³-hybridized carbons (Fsp3) is 0.478. The number of hydrogen-bond acceptors (Lipinski definition) is 7. The molecule has 2 aliphatic heterocycles. The summed E-state index contributed by atoms with van der Waals surface area (Å²) in [5.74, 6) is 1.37. The number of carbonyl (C=O) groups excluding carboxylic acids is 2. The van der Waals surface area contributed by atoms with Crippen molar-refractivity contribution in [2.24, 2.45) is 5.92 Å². The number of fused-ring (bicyclic) bond motifs is 1. The van der Waals surface area contributed by atoms with E-state index in [1.54, 1.807) is 17.7 Å². The minimum absolute atomic E-state index is 0.0495. The number of nitrogens with zero attached hydrogens (tertiary/aromatic N) is 5. The number of aromatic nitrogens is 2. The van der Waals surface area contributed by atoms with Crippen molar-refractivity contribution in [3.8, 4) is 0 Å². The Kier molecular flexibility index (Phi) is 5.86. The van der Waals surface area contributed by atoms with Gasteiger partial charge < -0.3 is 14.7 Å². The molecule has 0 bridgehead atoms. The first kappa shape index (κ1) is 21.3. The van der Waals surface area contributed by atoms with E-state index in [9.17, 15) is 9.59 Å². The van der Waals surface area contributed by atoms with E-state index < -0.39 is 0 Å². The van der Waals surface area contributed by atoms with Gasteiger partial charge in [-0.2, -0.15) is 0 Å². The third-order valence-corrected chi connectivity index (χ3v) is 8.67. The van der Waals surface area contributed by atoms with Gasteiger partial charge in [0.05, 0.1) is 10.3 Å². The summed E-state index contributed by atoms with van der Waals surface area (Å²) < 4.78 is 0. The number of rotatable bonds is 3. The van der Waals surface area contributed by atoms with E-state index in [-0.39, 0.29) is 17.7 Å². The highest BCUT2D eigenvalue weighted by Gasteiger charge is 2.32. The van der Waals surface area contributed by atoms with Crippen molar-refractivity contribution in [3.63, 3.8) is 0 Å². The average Bonchev–Trinajstić information content (AvgIpc) is 3.47. The van der Waals surface area contributed by atoms with Crippen molar-refractivity contribution in [2.75, 3.05) is 44.2 Å². The van der Waals surface area contributed by atoms with Gasteiger partial charge in [-0.05, 0) is 43.7 Å². The maximum Gasteiger partial charge on any atom is 0.264 e. The molecule has 2 aliphatic rings. The van der Waals surface area contributed by atoms with Crippen LogP contribution in [0.2, 0.25) is 0 Å². The highest BCUT2D eigenvalue weighted by Crippen LogP contribution is 2.35. The van der Waals surface area contributed by atoms with Crippen LogP contribution in [-0.4, -0.2) is 70.9 Å². The first-order valence-corrected chi connectivity index (χ1v) is 12.8. The van der Waals surface area contributed by atoms with Crippen LogP contribution in [0.3, 0.4) is 0 Å². The molecule has 32 heavy (non-hydrogen) atoms. The molecule has 0 aliphatic carbocycles. The van der Waals surface area contributed by atoms with E-state index in [0.717, 1.165) is 46.8 Å². The minimum Gasteiger partial charge on any atom is -0.356 e. The number of aryl methyl sites for hydroxylation is 2. The zero-order valence-corrected chi connectivity index (χ0v) is 20.0. The number of hydrogen-bond donors (Lipinski definition) is 0. The molecule has 0 atom stereocenters. The summed E-state index contributed by atoms with van der Waals surface area (Å²) in [6.07, 6.45) is 3.32. The van der Waals surface area contributed by atoms with E-state index in [4.69, 9.17) is 0 Å². The summed E-state index contributed by atoms with van der Waals surface area (Å²) in [4.78, 5) is 44.0. The second-order valence-electron chi connectivity index (χ2n) is 8.52. The van der Waals surface area contributed by atoms with Gasteiger partial charge >= 0.3 is 0 Å². The van der Waals surface area contributed by atoms with Crippen LogP contribution in [0.25, 0.3) is 10.2 Å². The van der Waals surface area contributed by atoms with Crippen molar-refractivity contribution in [3.05, 3.63) is 39.2 Å². The third-order valence-electron chi connectivity index (χ3n) is 6.70. The molecular formula is C23H27N5O2S2. The first-order chi connectivity index (χ1) is 15.5. The topological polar surface area (TPSA) is 69.6 Å². The van der Waals surface area contributed by atoms with Crippen molar-refractivity contribution < 1.29 is 9.59 Å². The zero-order chi connectivity index (χ0) is 22.2. The number of piperidine rings is 1. The van der Waals surface area contributed by atoms with Gasteiger partial charge in [-0.25, -0.2) is 9.97 Å². The fourth-order valence-electron chi connectivity index (χ4n) is 4.69. The van der Waals surface area contributed by atoms with E-state index >= 15 is 0 Å². The summed E-state index contributed by atoms with van der Waals surface area (Å²) in [5, 5.41) is 3.08. The number of carbonyl (C=O) groups is 2. The van der Waals surface area contributed by atoms with Crippen LogP contribution in [0.15, 0.2) is 23.8 Å². The molecule has 2 saturated heterocycles. The zero-order valence-electron chi connectivity index (χ0n) is 18.4. The maximum atomic E-state index is 13.2. The summed E-state index contributed by atoms with van der Waals surface area (Å²) >= 11 is 3.19. The van der Waals surface area contributed by atoms with Gasteiger partial charge in [0.25, 0.3) is 5.91 Å². The Morgan fingerprint density at radius 3 is 2.41 bits per heavy atom. The smallest absolute Gasteiger partial charge is 0.264 e. The molecule has 0 unspecified atom stereocenters. The molecule has 0 aromatic carbocycles. The molecule has 3 aromatic rings. The lowest BCUT2D eigenvalue weighted by Crippen LogP contribution is -2.53. The average molecular weight is 470 g/mol. The number of anilines is 1. The van der Waals surface area contributed by atoms with Crippen molar-refractivity contribution in [1.82, 2.24) is 19.8 Å². The predicted molar refractivity (Wildman–Crippen MR) is 129 cm³/mol. The standard InChI is InChI=1S/C23H27N5O2S2/c1-15-16(2)32-21-19(15)20(24-14-25-21)26-7-5-17(6-8-26)22(29)27-9-11-28(12-10-27)23(30)18-4-3-13-31-18/h3-4,13-14,17H,5-12H2,1-2H3. The van der Waals surface area contributed by atoms with Crippen LogP contribution in [0, 0.1) is 19.8 Å². The van der Waals surface area contributed by atoms with Gasteiger partial charge in [-0.1, -0.05) is 6.07 Å². The Hall–Kier alpha value is -2.52. The molecule has 5 rings (SSSR count). The Labute approximate surface area is 195 Å². The molecule has 2 amide bonds. The third kappa shape index (κ3) is 3.88. The van der Waals surface area contributed by atoms with Gasteiger partial charge in [-0.3, -0.25) is 9.59 Å². The quantitative estimate of drug-likeness (QED) is 0.587. The van der Waals surface area contributed by atoms with Gasteiger partial charge in [0.1, 0.15) is 17.0 Å². The summed E-state index contributed by atoms with van der Waals surface area (Å²) in [5.41, 5.74) is 1.26. The maximum absolute atomic E-state index is 13.2. The minimum atomic E-state index is 0.0495. The molecule has 0 N–H and O–H groups in total. The molecule has 0 radical (unpaired) electrons. The van der Waals surface area contributed by atoms with Crippen LogP contribution in [0.4, 0.5) is 5.82 Å². The molecular weight excluding hydrogens is 442 g/mol. The van der Waals surface area contributed by atoms with Crippen LogP contribution < -0.4 is 4.90 Å². The molecule has 7 nitrogen and oxygen atoms in total. The lowest BCUT2D eigenvalue weighted by Gasteiger charge is -2.38. The molecule has 0 spiro atoms. The van der Waals surface area contributed by atoms with Crippen LogP contribution in [-0.2, 0) is 4.79 Å². The predicted octanol–water partition coefficient (Wildman–Crippen LogP) is 3.57. The molecule has 2 fully saturated rings. The Bertz CT molecular complexity index is 1130. The van der Waals surface area contributed by atoms with Gasteiger partial charge in [0.15, 0.2) is 0 Å². The highest BCUT2D eigenvalue weighted by atomic mass is 32.1. The summed E-state index contributed by atoms with van der Waals surface area (Å²) in [6, 6.07) is 3.76. The van der Waals surface area contributed by atoms with E-state index in [1.807, 2.05) is 27.3 Å².